The number of oxime groups is 1. The van der Waals surface area contributed by atoms with Crippen LogP contribution in [0.4, 0.5) is 0 Å². The van der Waals surface area contributed by atoms with Crippen molar-refractivity contribution in [2.24, 2.45) is 10.9 Å². The summed E-state index contributed by atoms with van der Waals surface area (Å²) < 4.78 is 28.2. The predicted octanol–water partition coefficient (Wildman–Crippen LogP) is 1.37. The Morgan fingerprint density at radius 2 is 1.90 bits per heavy atom. The molecular weight excluding hydrogens is 294 g/mol. The fourth-order valence-electron chi connectivity index (χ4n) is 1.54. The number of aromatic nitrogens is 1. The molecule has 3 N–H and O–H groups in total. The van der Waals surface area contributed by atoms with Crippen LogP contribution in [-0.2, 0) is 9.84 Å². The van der Waals surface area contributed by atoms with E-state index in [1.807, 2.05) is 0 Å². The minimum atomic E-state index is -3.25. The average molecular weight is 307 g/mol. The van der Waals surface area contributed by atoms with Crippen molar-refractivity contribution >= 4 is 15.7 Å². The highest BCUT2D eigenvalue weighted by Crippen LogP contribution is 2.21. The molecule has 1 aromatic carbocycles. The minimum absolute atomic E-state index is 0.132. The van der Waals surface area contributed by atoms with Gasteiger partial charge in [0.15, 0.2) is 15.7 Å². The zero-order valence-electron chi connectivity index (χ0n) is 11.1. The van der Waals surface area contributed by atoms with Gasteiger partial charge in [0.25, 0.3) is 0 Å². The van der Waals surface area contributed by atoms with Crippen LogP contribution in [0.2, 0.25) is 0 Å². The molecule has 0 aliphatic heterocycles. The van der Waals surface area contributed by atoms with E-state index in [9.17, 15) is 8.42 Å². The number of nitrogens with zero attached hydrogens (tertiary/aromatic N) is 2. The summed E-state index contributed by atoms with van der Waals surface area (Å²) in [6, 6.07) is 10.7. The van der Waals surface area contributed by atoms with Crippen LogP contribution in [0.1, 0.15) is 5.69 Å². The first-order valence-corrected chi connectivity index (χ1v) is 7.72. The third-order valence-corrected chi connectivity index (χ3v) is 3.70. The van der Waals surface area contributed by atoms with E-state index >= 15 is 0 Å². The molecule has 0 unspecified atom stereocenters. The summed E-state index contributed by atoms with van der Waals surface area (Å²) >= 11 is 0. The van der Waals surface area contributed by atoms with Crippen molar-refractivity contribution in [1.82, 2.24) is 4.98 Å². The molecule has 0 aliphatic carbocycles. The van der Waals surface area contributed by atoms with Gasteiger partial charge in [-0.1, -0.05) is 11.2 Å². The van der Waals surface area contributed by atoms with Gasteiger partial charge in [0.2, 0.25) is 5.88 Å². The molecule has 2 rings (SSSR count). The fourth-order valence-corrected chi connectivity index (χ4v) is 2.17. The Labute approximate surface area is 121 Å². The quantitative estimate of drug-likeness (QED) is 0.381. The lowest BCUT2D eigenvalue weighted by Gasteiger charge is -2.06. The second kappa shape index (κ2) is 5.80. The van der Waals surface area contributed by atoms with E-state index in [4.69, 9.17) is 15.7 Å². The molecule has 0 fully saturated rings. The molecule has 2 aromatic rings. The molecular formula is C13H13N3O4S. The number of amidine groups is 1. The molecule has 0 spiro atoms. The smallest absolute Gasteiger partial charge is 0.219 e. The Hall–Kier alpha value is -2.61. The predicted molar refractivity (Wildman–Crippen MR) is 76.4 cm³/mol. The van der Waals surface area contributed by atoms with Gasteiger partial charge in [-0.15, -0.1) is 0 Å². The summed E-state index contributed by atoms with van der Waals surface area (Å²) in [4.78, 5) is 4.26. The van der Waals surface area contributed by atoms with E-state index in [1.165, 1.54) is 24.3 Å². The first kappa shape index (κ1) is 14.8. The first-order valence-electron chi connectivity index (χ1n) is 5.83. The van der Waals surface area contributed by atoms with Gasteiger partial charge in [-0.25, -0.2) is 13.4 Å². The van der Waals surface area contributed by atoms with Crippen LogP contribution in [0.5, 0.6) is 11.6 Å². The summed E-state index contributed by atoms with van der Waals surface area (Å²) in [7, 11) is -3.25. The molecule has 0 saturated carbocycles. The molecule has 0 saturated heterocycles. The van der Waals surface area contributed by atoms with Crippen molar-refractivity contribution in [3.8, 4) is 11.6 Å². The molecule has 7 nitrogen and oxygen atoms in total. The molecule has 1 aromatic heterocycles. The van der Waals surface area contributed by atoms with Gasteiger partial charge in [-0.05, 0) is 30.3 Å². The SMILES string of the molecule is CS(=O)(=O)c1ccc(Oc2cccc(C(N)=NO)n2)cc1. The monoisotopic (exact) mass is 307 g/mol. The highest BCUT2D eigenvalue weighted by atomic mass is 32.2. The highest BCUT2D eigenvalue weighted by Gasteiger charge is 2.08. The van der Waals surface area contributed by atoms with Gasteiger partial charge in [-0.2, -0.15) is 0 Å². The lowest BCUT2D eigenvalue weighted by molar-refractivity contribution is 0.318. The molecule has 0 amide bonds. The second-order valence-electron chi connectivity index (χ2n) is 4.19. The van der Waals surface area contributed by atoms with Crippen LogP contribution in [0, 0.1) is 0 Å². The molecule has 0 bridgehead atoms. The van der Waals surface area contributed by atoms with E-state index in [0.29, 0.717) is 5.75 Å². The largest absolute Gasteiger partial charge is 0.439 e. The third-order valence-electron chi connectivity index (χ3n) is 2.57. The number of hydrogen-bond donors (Lipinski definition) is 2. The van der Waals surface area contributed by atoms with Gasteiger partial charge in [0.1, 0.15) is 11.4 Å². The molecule has 110 valence electrons. The zero-order chi connectivity index (χ0) is 15.5. The maximum Gasteiger partial charge on any atom is 0.219 e. The zero-order valence-corrected chi connectivity index (χ0v) is 11.9. The van der Waals surface area contributed by atoms with Crippen molar-refractivity contribution in [1.29, 1.82) is 0 Å². The molecule has 1 heterocycles. The van der Waals surface area contributed by atoms with Crippen LogP contribution in [-0.4, -0.2) is 30.7 Å². The highest BCUT2D eigenvalue weighted by molar-refractivity contribution is 7.90. The third kappa shape index (κ3) is 3.69. The first-order chi connectivity index (χ1) is 9.90. The maximum absolute atomic E-state index is 11.4. The molecule has 8 heteroatoms. The van der Waals surface area contributed by atoms with Crippen molar-refractivity contribution in [2.45, 2.75) is 4.90 Å². The van der Waals surface area contributed by atoms with Crippen molar-refractivity contribution in [2.75, 3.05) is 6.26 Å². The van der Waals surface area contributed by atoms with E-state index in [0.717, 1.165) is 6.26 Å². The van der Waals surface area contributed by atoms with Gasteiger partial charge in [0, 0.05) is 12.3 Å². The van der Waals surface area contributed by atoms with Gasteiger partial charge < -0.3 is 15.7 Å². The summed E-state index contributed by atoms with van der Waals surface area (Å²) in [5, 5.41) is 11.5. The summed E-state index contributed by atoms with van der Waals surface area (Å²) in [5.41, 5.74) is 5.71. The minimum Gasteiger partial charge on any atom is -0.439 e. The van der Waals surface area contributed by atoms with E-state index in [1.54, 1.807) is 18.2 Å². The van der Waals surface area contributed by atoms with E-state index in [2.05, 4.69) is 10.1 Å². The number of ether oxygens (including phenoxy) is 1. The van der Waals surface area contributed by atoms with Crippen LogP contribution >= 0.6 is 0 Å². The number of hydrogen-bond acceptors (Lipinski definition) is 6. The van der Waals surface area contributed by atoms with Crippen molar-refractivity contribution in [3.63, 3.8) is 0 Å². The van der Waals surface area contributed by atoms with Crippen LogP contribution < -0.4 is 10.5 Å². The Balaban J connectivity index is 2.23. The Morgan fingerprint density at radius 1 is 1.24 bits per heavy atom. The number of pyridine rings is 1. The van der Waals surface area contributed by atoms with Crippen molar-refractivity contribution < 1.29 is 18.4 Å². The van der Waals surface area contributed by atoms with Gasteiger partial charge >= 0.3 is 0 Å². The number of sulfone groups is 1. The molecule has 0 aliphatic rings. The van der Waals surface area contributed by atoms with Gasteiger partial charge in [0.05, 0.1) is 4.90 Å². The second-order valence-corrected chi connectivity index (χ2v) is 6.21. The Morgan fingerprint density at radius 3 is 2.48 bits per heavy atom. The Kier molecular flexibility index (Phi) is 4.08. The molecule has 0 atom stereocenters. The maximum atomic E-state index is 11.4. The normalized spacial score (nSPS) is 12.1. The Bertz CT molecular complexity index is 770. The molecule has 21 heavy (non-hydrogen) atoms. The molecule has 0 radical (unpaired) electrons. The lowest BCUT2D eigenvalue weighted by Crippen LogP contribution is -2.14. The summed E-state index contributed by atoms with van der Waals surface area (Å²) in [6.45, 7) is 0. The average Bonchev–Trinajstić information content (AvgIpc) is 2.46. The topological polar surface area (TPSA) is 115 Å². The van der Waals surface area contributed by atoms with Crippen LogP contribution in [0.25, 0.3) is 0 Å². The summed E-state index contributed by atoms with van der Waals surface area (Å²) in [5.74, 6) is 0.533. The van der Waals surface area contributed by atoms with Crippen molar-refractivity contribution in [3.05, 3.63) is 48.2 Å². The van der Waals surface area contributed by atoms with E-state index in [-0.39, 0.29) is 22.3 Å². The number of rotatable bonds is 4. The lowest BCUT2D eigenvalue weighted by atomic mass is 10.3. The van der Waals surface area contributed by atoms with Crippen LogP contribution in [0.3, 0.4) is 0 Å². The summed E-state index contributed by atoms with van der Waals surface area (Å²) in [6.07, 6.45) is 1.13. The number of benzene rings is 1. The standard InChI is InChI=1S/C13H13N3O4S/c1-21(18,19)10-7-5-9(6-8-10)20-12-4-2-3-11(15-12)13(14)16-17/h2-8,17H,1H3,(H2,14,16). The number of nitrogens with two attached hydrogens (primary N) is 1. The van der Waals surface area contributed by atoms with Crippen LogP contribution in [0.15, 0.2) is 52.5 Å². The van der Waals surface area contributed by atoms with Gasteiger partial charge in [-0.3, -0.25) is 0 Å². The van der Waals surface area contributed by atoms with E-state index < -0.39 is 9.84 Å². The fraction of sp³-hybridized carbons (Fsp3) is 0.0769.